The number of benzene rings is 1. The molecule has 0 fully saturated rings. The van der Waals surface area contributed by atoms with Gasteiger partial charge in [-0.1, -0.05) is 5.10 Å². The maximum atomic E-state index is 13.6. The van der Waals surface area contributed by atoms with Crippen molar-refractivity contribution in [2.45, 2.75) is 18.6 Å². The molecule has 5 aromatic rings. The average molecular weight is 469 g/mol. The second kappa shape index (κ2) is 7.40. The molecule has 1 aromatic carbocycles. The molecule has 4 aromatic heterocycles. The molecule has 1 atom stereocenters. The molecule has 0 spiro atoms. The van der Waals surface area contributed by atoms with Crippen LogP contribution in [0.15, 0.2) is 59.4 Å². The van der Waals surface area contributed by atoms with E-state index in [-0.39, 0.29) is 17.4 Å². The first-order valence-corrected chi connectivity index (χ1v) is 10.3. The molecule has 0 unspecified atom stereocenters. The van der Waals surface area contributed by atoms with E-state index in [1.54, 1.807) is 4.90 Å². The van der Waals surface area contributed by atoms with Crippen LogP contribution in [0.1, 0.15) is 28.7 Å². The highest BCUT2D eigenvalue weighted by Gasteiger charge is 2.38. The molecule has 1 aliphatic heterocycles. The summed E-state index contributed by atoms with van der Waals surface area (Å²) in [5.41, 5.74) is 1.51. The second-order valence-electron chi connectivity index (χ2n) is 7.83. The van der Waals surface area contributed by atoms with Crippen molar-refractivity contribution in [1.82, 2.24) is 29.8 Å². The summed E-state index contributed by atoms with van der Waals surface area (Å²) in [6.07, 6.45) is -0.941. The third-order valence-electron chi connectivity index (χ3n) is 5.78. The fourth-order valence-electron chi connectivity index (χ4n) is 4.23. The zero-order valence-corrected chi connectivity index (χ0v) is 17.3. The number of anilines is 1. The number of fused-ring (bicyclic) bond motifs is 2. The number of aromatic amines is 1. The lowest BCUT2D eigenvalue weighted by Gasteiger charge is -2.32. The van der Waals surface area contributed by atoms with Gasteiger partial charge in [-0.25, -0.2) is 13.9 Å². The predicted molar refractivity (Wildman–Crippen MR) is 111 cm³/mol. The van der Waals surface area contributed by atoms with Crippen LogP contribution in [0.5, 0.6) is 0 Å². The summed E-state index contributed by atoms with van der Waals surface area (Å²) in [5, 5.41) is 12.6. The molecule has 1 N–H and O–H groups in total. The molecule has 6 rings (SSSR count). The minimum atomic E-state index is -4.53. The van der Waals surface area contributed by atoms with Crippen LogP contribution in [0.25, 0.3) is 17.0 Å². The van der Waals surface area contributed by atoms with E-state index < -0.39 is 23.6 Å². The van der Waals surface area contributed by atoms with Crippen LogP contribution < -0.4 is 4.90 Å². The van der Waals surface area contributed by atoms with Crippen LogP contribution >= 0.6 is 0 Å². The van der Waals surface area contributed by atoms with Crippen LogP contribution in [0.2, 0.25) is 0 Å². The van der Waals surface area contributed by atoms with E-state index in [0.29, 0.717) is 29.9 Å². The second-order valence-corrected chi connectivity index (χ2v) is 7.83. The first-order chi connectivity index (χ1) is 16.4. The highest BCUT2D eigenvalue weighted by molar-refractivity contribution is 5.59. The SMILES string of the molecule is Fc1ccc(-c2nnc(N3CCc4[nH]cnc4[C@@H]3c3cc4c(C(F)(F)F)cccn4n3)o2)cc1. The Morgan fingerprint density at radius 3 is 2.71 bits per heavy atom. The lowest BCUT2D eigenvalue weighted by atomic mass is 10.00. The van der Waals surface area contributed by atoms with Crippen molar-refractivity contribution >= 4 is 11.5 Å². The Labute approximate surface area is 188 Å². The normalized spacial score (nSPS) is 16.2. The van der Waals surface area contributed by atoms with Crippen LogP contribution in [-0.4, -0.2) is 36.3 Å². The number of alkyl halides is 3. The molecule has 0 aliphatic carbocycles. The quantitative estimate of drug-likeness (QED) is 0.394. The number of rotatable bonds is 3. The van der Waals surface area contributed by atoms with E-state index in [2.05, 4.69) is 25.3 Å². The van der Waals surface area contributed by atoms with Gasteiger partial charge < -0.3 is 14.3 Å². The zero-order valence-electron chi connectivity index (χ0n) is 17.3. The van der Waals surface area contributed by atoms with Crippen molar-refractivity contribution in [1.29, 1.82) is 0 Å². The summed E-state index contributed by atoms with van der Waals surface area (Å²) in [6.45, 7) is 0.435. The van der Waals surface area contributed by atoms with Crippen molar-refractivity contribution in [2.24, 2.45) is 0 Å². The Balaban J connectivity index is 1.45. The molecule has 8 nitrogen and oxygen atoms in total. The van der Waals surface area contributed by atoms with E-state index >= 15 is 0 Å². The van der Waals surface area contributed by atoms with Gasteiger partial charge in [0.2, 0.25) is 5.89 Å². The van der Waals surface area contributed by atoms with Crippen molar-refractivity contribution in [3.63, 3.8) is 0 Å². The number of H-pyrrole nitrogens is 1. The summed E-state index contributed by atoms with van der Waals surface area (Å²) in [5.74, 6) is -0.202. The number of nitrogens with one attached hydrogen (secondary N) is 1. The molecule has 172 valence electrons. The molecule has 5 heterocycles. The molecular formula is C22H15F4N7O. The number of halogens is 4. The van der Waals surface area contributed by atoms with Gasteiger partial charge in [-0.2, -0.15) is 18.3 Å². The summed E-state index contributed by atoms with van der Waals surface area (Å²) >= 11 is 0. The molecule has 0 radical (unpaired) electrons. The van der Waals surface area contributed by atoms with Gasteiger partial charge >= 0.3 is 12.2 Å². The zero-order chi connectivity index (χ0) is 23.4. The topological polar surface area (TPSA) is 88.1 Å². The van der Waals surface area contributed by atoms with Crippen molar-refractivity contribution < 1.29 is 22.0 Å². The number of hydrogen-bond donors (Lipinski definition) is 1. The fraction of sp³-hybridized carbons (Fsp3) is 0.182. The Hall–Kier alpha value is -4.22. The monoisotopic (exact) mass is 469 g/mol. The van der Waals surface area contributed by atoms with E-state index in [4.69, 9.17) is 4.42 Å². The number of nitrogens with zero attached hydrogens (tertiary/aromatic N) is 6. The van der Waals surface area contributed by atoms with E-state index in [1.165, 1.54) is 53.4 Å². The van der Waals surface area contributed by atoms with Gasteiger partial charge in [0.05, 0.1) is 28.8 Å². The van der Waals surface area contributed by atoms with Gasteiger partial charge in [0, 0.05) is 30.4 Å². The maximum absolute atomic E-state index is 13.6. The van der Waals surface area contributed by atoms with Crippen molar-refractivity contribution in [2.75, 3.05) is 11.4 Å². The summed E-state index contributed by atoms with van der Waals surface area (Å²) in [7, 11) is 0. The number of pyridine rings is 1. The smallest absolute Gasteiger partial charge is 0.403 e. The Morgan fingerprint density at radius 1 is 1.09 bits per heavy atom. The van der Waals surface area contributed by atoms with Gasteiger partial charge in [-0.05, 0) is 42.5 Å². The summed E-state index contributed by atoms with van der Waals surface area (Å²) < 4.78 is 61.0. The van der Waals surface area contributed by atoms with Gasteiger partial charge in [0.1, 0.15) is 11.9 Å². The Bertz CT molecular complexity index is 1490. The minimum Gasteiger partial charge on any atom is -0.403 e. The third kappa shape index (κ3) is 3.29. The number of aromatic nitrogens is 6. The predicted octanol–water partition coefficient (Wildman–Crippen LogP) is 4.42. The molecule has 1 aliphatic rings. The highest BCUT2D eigenvalue weighted by Crippen LogP contribution is 2.39. The van der Waals surface area contributed by atoms with Crippen molar-refractivity contribution in [3.05, 3.63) is 83.5 Å². The maximum Gasteiger partial charge on any atom is 0.418 e. The standard InChI is InChI=1S/C22H15F4N7O/c23-13-5-3-12(4-6-13)20-29-30-21(34-20)32-9-7-15-18(28-11-27-15)19(32)16-10-17-14(22(24,25)26)2-1-8-33(17)31-16/h1-6,8,10-11,19H,7,9H2,(H,27,28)/t19-/m0/s1. The van der Waals surface area contributed by atoms with Crippen molar-refractivity contribution in [3.8, 4) is 11.5 Å². The number of imidazole rings is 1. The van der Waals surface area contributed by atoms with Gasteiger partial charge in [-0.3, -0.25) is 0 Å². The Kier molecular flexibility index (Phi) is 4.44. The van der Waals surface area contributed by atoms with Crippen LogP contribution in [0.4, 0.5) is 23.6 Å². The molecule has 0 saturated heterocycles. The van der Waals surface area contributed by atoms with E-state index in [9.17, 15) is 17.6 Å². The molecule has 0 amide bonds. The van der Waals surface area contributed by atoms with E-state index in [0.717, 1.165) is 11.8 Å². The first kappa shape index (κ1) is 20.4. The van der Waals surface area contributed by atoms with Crippen LogP contribution in [-0.2, 0) is 12.6 Å². The van der Waals surface area contributed by atoms with Crippen LogP contribution in [0.3, 0.4) is 0 Å². The molecule has 0 saturated carbocycles. The van der Waals surface area contributed by atoms with Gasteiger partial charge in [-0.15, -0.1) is 5.10 Å². The minimum absolute atomic E-state index is 0.0647. The van der Waals surface area contributed by atoms with E-state index in [1.807, 2.05) is 0 Å². The van der Waals surface area contributed by atoms with Gasteiger partial charge in [0.25, 0.3) is 0 Å². The third-order valence-corrected chi connectivity index (χ3v) is 5.78. The summed E-state index contributed by atoms with van der Waals surface area (Å²) in [6, 6.07) is 8.84. The molecule has 34 heavy (non-hydrogen) atoms. The molecular weight excluding hydrogens is 454 g/mol. The largest absolute Gasteiger partial charge is 0.418 e. The average Bonchev–Trinajstić information content (AvgIpc) is 3.56. The molecule has 0 bridgehead atoms. The first-order valence-electron chi connectivity index (χ1n) is 10.3. The molecule has 12 heteroatoms. The van der Waals surface area contributed by atoms with Gasteiger partial charge in [0.15, 0.2) is 0 Å². The lowest BCUT2D eigenvalue weighted by molar-refractivity contribution is -0.136. The lowest BCUT2D eigenvalue weighted by Crippen LogP contribution is -2.36. The Morgan fingerprint density at radius 2 is 1.91 bits per heavy atom. The fourth-order valence-corrected chi connectivity index (χ4v) is 4.23. The summed E-state index contributed by atoms with van der Waals surface area (Å²) in [4.78, 5) is 9.25. The number of hydrogen-bond acceptors (Lipinski definition) is 6. The van der Waals surface area contributed by atoms with Crippen LogP contribution in [0, 0.1) is 5.82 Å². The highest BCUT2D eigenvalue weighted by atomic mass is 19.4.